The molecule has 0 bridgehead atoms. The molecule has 0 unspecified atom stereocenters. The van der Waals surface area contributed by atoms with Crippen molar-refractivity contribution in [3.8, 4) is 34.5 Å². The maximum absolute atomic E-state index is 11.7. The van der Waals surface area contributed by atoms with Gasteiger partial charge >= 0.3 is 6.09 Å². The summed E-state index contributed by atoms with van der Waals surface area (Å²) in [4.78, 5) is 16.1. The SMILES string of the molecule is COc1ccc(-n2nc(OC3CCCC3)cc2-c2ccc(OCCNC(=O)OC(C)(C)C)cc2)cn1. The van der Waals surface area contributed by atoms with Gasteiger partial charge in [-0.3, -0.25) is 0 Å². The molecular formula is C27H34N4O5. The van der Waals surface area contributed by atoms with Crippen molar-refractivity contribution < 1.29 is 23.7 Å². The van der Waals surface area contributed by atoms with Crippen molar-refractivity contribution in [1.82, 2.24) is 20.1 Å². The van der Waals surface area contributed by atoms with Crippen molar-refractivity contribution in [1.29, 1.82) is 0 Å². The normalized spacial score (nSPS) is 13.9. The van der Waals surface area contributed by atoms with E-state index in [0.717, 1.165) is 29.8 Å². The lowest BCUT2D eigenvalue weighted by molar-refractivity contribution is 0.0520. The number of aromatic nitrogens is 3. The lowest BCUT2D eigenvalue weighted by Gasteiger charge is -2.19. The van der Waals surface area contributed by atoms with Gasteiger partial charge in [0.1, 0.15) is 24.1 Å². The Hall–Kier alpha value is -3.75. The Morgan fingerprint density at radius 1 is 1.08 bits per heavy atom. The summed E-state index contributed by atoms with van der Waals surface area (Å²) < 4.78 is 24.2. The maximum atomic E-state index is 11.7. The van der Waals surface area contributed by atoms with Crippen LogP contribution in [-0.2, 0) is 4.74 Å². The minimum atomic E-state index is -0.531. The lowest BCUT2D eigenvalue weighted by atomic mass is 10.1. The molecule has 4 rings (SSSR count). The summed E-state index contributed by atoms with van der Waals surface area (Å²) >= 11 is 0. The van der Waals surface area contributed by atoms with Gasteiger partial charge in [-0.25, -0.2) is 14.5 Å². The Morgan fingerprint density at radius 3 is 2.47 bits per heavy atom. The molecule has 1 aliphatic carbocycles. The Morgan fingerprint density at radius 2 is 1.83 bits per heavy atom. The van der Waals surface area contributed by atoms with Crippen LogP contribution in [0.1, 0.15) is 46.5 Å². The number of alkyl carbamates (subject to hydrolysis) is 1. The van der Waals surface area contributed by atoms with Crippen molar-refractivity contribution in [3.63, 3.8) is 0 Å². The Kier molecular flexibility index (Phi) is 7.97. The highest BCUT2D eigenvalue weighted by Gasteiger charge is 2.20. The van der Waals surface area contributed by atoms with Gasteiger partial charge in [-0.1, -0.05) is 0 Å². The standard InChI is InChI=1S/C27H34N4O5/c1-27(2,3)36-26(32)28-15-16-34-21-12-9-19(10-13-21)23-17-25(35-22-7-5-6-8-22)30-31(23)20-11-14-24(33-4)29-18-20/h9-14,17-18,22H,5-8,15-16H2,1-4H3,(H,28,32). The third kappa shape index (κ3) is 6.90. The summed E-state index contributed by atoms with van der Waals surface area (Å²) in [7, 11) is 1.59. The molecule has 0 spiro atoms. The second kappa shape index (κ2) is 11.3. The summed E-state index contributed by atoms with van der Waals surface area (Å²) in [6.07, 6.45) is 5.97. The van der Waals surface area contributed by atoms with Gasteiger partial charge in [0.2, 0.25) is 11.8 Å². The summed E-state index contributed by atoms with van der Waals surface area (Å²) in [6.45, 7) is 6.14. The first-order chi connectivity index (χ1) is 17.3. The fourth-order valence-electron chi connectivity index (χ4n) is 3.97. The molecule has 192 valence electrons. The molecule has 9 heteroatoms. The third-order valence-electron chi connectivity index (χ3n) is 5.64. The maximum Gasteiger partial charge on any atom is 0.407 e. The van der Waals surface area contributed by atoms with Crippen LogP contribution in [0, 0.1) is 0 Å². The summed E-state index contributed by atoms with van der Waals surface area (Å²) in [5.74, 6) is 1.84. The molecule has 2 heterocycles. The van der Waals surface area contributed by atoms with Crippen LogP contribution in [0.5, 0.6) is 17.5 Å². The number of hydrogen-bond acceptors (Lipinski definition) is 7. The molecule has 1 aromatic carbocycles. The number of carbonyl (C=O) groups excluding carboxylic acids is 1. The Labute approximate surface area is 211 Å². The lowest BCUT2D eigenvalue weighted by Crippen LogP contribution is -2.34. The van der Waals surface area contributed by atoms with Gasteiger partial charge in [0.15, 0.2) is 0 Å². The number of amides is 1. The van der Waals surface area contributed by atoms with E-state index in [1.807, 2.05) is 61.9 Å². The molecule has 0 atom stereocenters. The number of rotatable bonds is 9. The molecule has 0 aliphatic heterocycles. The molecule has 36 heavy (non-hydrogen) atoms. The average molecular weight is 495 g/mol. The van der Waals surface area contributed by atoms with E-state index in [0.29, 0.717) is 30.7 Å². The van der Waals surface area contributed by atoms with E-state index < -0.39 is 11.7 Å². The first-order valence-corrected chi connectivity index (χ1v) is 12.3. The van der Waals surface area contributed by atoms with Gasteiger partial charge in [-0.15, -0.1) is 5.10 Å². The zero-order valence-electron chi connectivity index (χ0n) is 21.3. The monoisotopic (exact) mass is 494 g/mol. The molecular weight excluding hydrogens is 460 g/mol. The molecule has 0 saturated heterocycles. The number of nitrogens with zero attached hydrogens (tertiary/aromatic N) is 3. The fraction of sp³-hybridized carbons (Fsp3) is 0.444. The molecule has 1 amide bonds. The Balaban J connectivity index is 1.45. The van der Waals surface area contributed by atoms with Gasteiger partial charge in [0.25, 0.3) is 0 Å². The van der Waals surface area contributed by atoms with Gasteiger partial charge in [0.05, 0.1) is 31.2 Å². The molecule has 2 aromatic heterocycles. The van der Waals surface area contributed by atoms with Crippen LogP contribution in [-0.4, -0.2) is 52.8 Å². The van der Waals surface area contributed by atoms with Crippen molar-refractivity contribution in [3.05, 3.63) is 48.7 Å². The molecule has 1 saturated carbocycles. The zero-order valence-corrected chi connectivity index (χ0v) is 21.3. The van der Waals surface area contributed by atoms with Gasteiger partial charge in [-0.2, -0.15) is 0 Å². The van der Waals surface area contributed by atoms with Crippen LogP contribution in [0.4, 0.5) is 4.79 Å². The molecule has 3 aromatic rings. The number of nitrogens with one attached hydrogen (secondary N) is 1. The minimum absolute atomic E-state index is 0.209. The second-order valence-corrected chi connectivity index (χ2v) is 9.66. The van der Waals surface area contributed by atoms with Crippen LogP contribution >= 0.6 is 0 Å². The number of methoxy groups -OCH3 is 1. The number of pyridine rings is 1. The van der Waals surface area contributed by atoms with E-state index in [9.17, 15) is 4.79 Å². The smallest absolute Gasteiger partial charge is 0.407 e. The number of ether oxygens (including phenoxy) is 4. The predicted octanol–water partition coefficient (Wildman–Crippen LogP) is 5.17. The largest absolute Gasteiger partial charge is 0.492 e. The quantitative estimate of drug-likeness (QED) is 0.410. The topological polar surface area (TPSA) is 96.7 Å². The molecule has 1 fully saturated rings. The fourth-order valence-corrected chi connectivity index (χ4v) is 3.97. The van der Waals surface area contributed by atoms with E-state index in [1.165, 1.54) is 12.8 Å². The highest BCUT2D eigenvalue weighted by Crippen LogP contribution is 2.31. The average Bonchev–Trinajstić information content (AvgIpc) is 3.52. The van der Waals surface area contributed by atoms with E-state index >= 15 is 0 Å². The van der Waals surface area contributed by atoms with Crippen LogP contribution in [0.2, 0.25) is 0 Å². The van der Waals surface area contributed by atoms with Crippen molar-refractivity contribution >= 4 is 6.09 Å². The number of hydrogen-bond donors (Lipinski definition) is 1. The van der Waals surface area contributed by atoms with E-state index in [2.05, 4.69) is 10.3 Å². The molecule has 0 radical (unpaired) electrons. The van der Waals surface area contributed by atoms with Crippen molar-refractivity contribution in [2.45, 2.75) is 58.2 Å². The van der Waals surface area contributed by atoms with Gasteiger partial charge in [0, 0.05) is 17.7 Å². The number of carbonyl (C=O) groups is 1. The predicted molar refractivity (Wildman–Crippen MR) is 136 cm³/mol. The van der Waals surface area contributed by atoms with Crippen molar-refractivity contribution in [2.24, 2.45) is 0 Å². The Bertz CT molecular complexity index is 1130. The molecule has 9 nitrogen and oxygen atoms in total. The van der Waals surface area contributed by atoms with E-state index in [1.54, 1.807) is 19.4 Å². The van der Waals surface area contributed by atoms with Gasteiger partial charge in [-0.05, 0) is 76.8 Å². The van der Waals surface area contributed by atoms with Crippen LogP contribution in [0.25, 0.3) is 16.9 Å². The summed E-state index contributed by atoms with van der Waals surface area (Å²) in [6, 6.07) is 13.4. The number of benzene rings is 1. The minimum Gasteiger partial charge on any atom is -0.492 e. The molecule has 1 N–H and O–H groups in total. The summed E-state index contributed by atoms with van der Waals surface area (Å²) in [5.41, 5.74) is 2.12. The first kappa shape index (κ1) is 25.3. The second-order valence-electron chi connectivity index (χ2n) is 9.66. The zero-order chi connectivity index (χ0) is 25.5. The first-order valence-electron chi connectivity index (χ1n) is 12.3. The van der Waals surface area contributed by atoms with Crippen LogP contribution in [0.3, 0.4) is 0 Å². The van der Waals surface area contributed by atoms with Gasteiger partial charge < -0.3 is 24.3 Å². The van der Waals surface area contributed by atoms with E-state index in [-0.39, 0.29) is 6.10 Å². The summed E-state index contributed by atoms with van der Waals surface area (Å²) in [5, 5.41) is 7.42. The van der Waals surface area contributed by atoms with Crippen LogP contribution in [0.15, 0.2) is 48.7 Å². The highest BCUT2D eigenvalue weighted by atomic mass is 16.6. The van der Waals surface area contributed by atoms with Crippen LogP contribution < -0.4 is 19.5 Å². The molecule has 1 aliphatic rings. The highest BCUT2D eigenvalue weighted by molar-refractivity contribution is 5.67. The van der Waals surface area contributed by atoms with Crippen molar-refractivity contribution in [2.75, 3.05) is 20.3 Å². The third-order valence-corrected chi connectivity index (χ3v) is 5.64. The van der Waals surface area contributed by atoms with E-state index in [4.69, 9.17) is 24.0 Å².